The largest absolute Gasteiger partial charge is 0.353 e. The SMILES string of the molecule is Cc1cc(C(C)(C)C)cc2cc(-c3ccc4c(C(C)(C)C)cn(C)c4n3)[nH]c12. The van der Waals surface area contributed by atoms with Crippen LogP contribution in [-0.2, 0) is 17.9 Å². The molecule has 28 heavy (non-hydrogen) atoms. The van der Waals surface area contributed by atoms with Gasteiger partial charge in [0.25, 0.3) is 0 Å². The molecule has 0 radical (unpaired) electrons. The number of H-pyrrole nitrogens is 1. The van der Waals surface area contributed by atoms with Gasteiger partial charge >= 0.3 is 0 Å². The molecule has 0 saturated heterocycles. The Morgan fingerprint density at radius 3 is 2.29 bits per heavy atom. The zero-order chi connectivity index (χ0) is 20.4. The molecule has 146 valence electrons. The molecule has 0 bridgehead atoms. The molecule has 3 heteroatoms. The molecule has 1 N–H and O–H groups in total. The molecule has 3 heterocycles. The van der Waals surface area contributed by atoms with Gasteiger partial charge in [0.05, 0.1) is 11.4 Å². The highest BCUT2D eigenvalue weighted by Gasteiger charge is 2.21. The Labute approximate surface area is 167 Å². The summed E-state index contributed by atoms with van der Waals surface area (Å²) >= 11 is 0. The minimum atomic E-state index is 0.101. The van der Waals surface area contributed by atoms with Gasteiger partial charge in [-0.1, -0.05) is 47.6 Å². The highest BCUT2D eigenvalue weighted by Crippen LogP contribution is 2.34. The quantitative estimate of drug-likeness (QED) is 0.399. The van der Waals surface area contributed by atoms with Gasteiger partial charge in [0, 0.05) is 29.5 Å². The fourth-order valence-corrected chi connectivity index (χ4v) is 4.00. The fourth-order valence-electron chi connectivity index (χ4n) is 4.00. The van der Waals surface area contributed by atoms with Gasteiger partial charge in [-0.3, -0.25) is 0 Å². The minimum Gasteiger partial charge on any atom is -0.353 e. The van der Waals surface area contributed by atoms with Crippen LogP contribution in [-0.4, -0.2) is 14.5 Å². The van der Waals surface area contributed by atoms with E-state index in [9.17, 15) is 0 Å². The molecule has 0 unspecified atom stereocenters. The molecule has 0 atom stereocenters. The van der Waals surface area contributed by atoms with E-state index in [1.54, 1.807) is 0 Å². The van der Waals surface area contributed by atoms with E-state index >= 15 is 0 Å². The van der Waals surface area contributed by atoms with E-state index in [4.69, 9.17) is 4.98 Å². The molecule has 1 aromatic carbocycles. The molecular weight excluding hydrogens is 342 g/mol. The van der Waals surface area contributed by atoms with Gasteiger partial charge in [0.15, 0.2) is 0 Å². The van der Waals surface area contributed by atoms with Crippen molar-refractivity contribution in [2.45, 2.75) is 59.3 Å². The van der Waals surface area contributed by atoms with Gasteiger partial charge in [-0.2, -0.15) is 0 Å². The normalized spacial score (nSPS) is 13.0. The number of nitrogens with zero attached hydrogens (tertiary/aromatic N) is 2. The lowest BCUT2D eigenvalue weighted by atomic mass is 9.85. The molecule has 4 aromatic rings. The second-order valence-corrected chi connectivity index (χ2v) is 10.2. The van der Waals surface area contributed by atoms with Crippen LogP contribution in [0.1, 0.15) is 58.2 Å². The fraction of sp³-hybridized carbons (Fsp3) is 0.400. The molecule has 3 nitrogen and oxygen atoms in total. The van der Waals surface area contributed by atoms with Crippen molar-refractivity contribution in [3.63, 3.8) is 0 Å². The number of aromatic nitrogens is 3. The van der Waals surface area contributed by atoms with E-state index in [2.05, 4.69) is 102 Å². The summed E-state index contributed by atoms with van der Waals surface area (Å²) in [4.78, 5) is 8.62. The van der Waals surface area contributed by atoms with Crippen molar-refractivity contribution in [2.75, 3.05) is 0 Å². The number of hydrogen-bond acceptors (Lipinski definition) is 1. The second-order valence-electron chi connectivity index (χ2n) is 10.2. The number of aryl methyl sites for hydroxylation is 2. The standard InChI is InChI=1S/C25H31N3/c1-15-11-17(24(2,3)4)12-16-13-21(26-22(15)16)20-10-9-18-19(25(5,6)7)14-28(8)23(18)27-20/h9-14,26H,1-8H3. The number of pyridine rings is 1. The molecule has 0 aliphatic rings. The monoisotopic (exact) mass is 373 g/mol. The molecule has 0 aliphatic heterocycles. The van der Waals surface area contributed by atoms with Crippen molar-refractivity contribution in [3.05, 3.63) is 53.2 Å². The van der Waals surface area contributed by atoms with Crippen LogP contribution in [0.2, 0.25) is 0 Å². The van der Waals surface area contributed by atoms with Crippen LogP contribution in [0.4, 0.5) is 0 Å². The summed E-state index contributed by atoms with van der Waals surface area (Å²) in [5, 5.41) is 2.49. The Morgan fingerprint density at radius 1 is 0.929 bits per heavy atom. The highest BCUT2D eigenvalue weighted by atomic mass is 15.0. The van der Waals surface area contributed by atoms with Gasteiger partial charge < -0.3 is 9.55 Å². The maximum atomic E-state index is 5.01. The van der Waals surface area contributed by atoms with Gasteiger partial charge in [-0.15, -0.1) is 0 Å². The van der Waals surface area contributed by atoms with Crippen LogP contribution in [0.5, 0.6) is 0 Å². The van der Waals surface area contributed by atoms with Crippen LogP contribution in [0, 0.1) is 6.92 Å². The van der Waals surface area contributed by atoms with E-state index < -0.39 is 0 Å². The molecule has 0 saturated carbocycles. The van der Waals surface area contributed by atoms with Gasteiger partial charge in [-0.25, -0.2) is 4.98 Å². The Kier molecular flexibility index (Phi) is 4.01. The Morgan fingerprint density at radius 2 is 1.64 bits per heavy atom. The van der Waals surface area contributed by atoms with E-state index in [0.717, 1.165) is 17.0 Å². The zero-order valence-corrected chi connectivity index (χ0v) is 18.4. The summed E-state index contributed by atoms with van der Waals surface area (Å²) in [5.41, 5.74) is 8.52. The van der Waals surface area contributed by atoms with Crippen molar-refractivity contribution >= 4 is 21.9 Å². The van der Waals surface area contributed by atoms with E-state index in [1.807, 2.05) is 0 Å². The summed E-state index contributed by atoms with van der Waals surface area (Å²) < 4.78 is 2.14. The van der Waals surface area contributed by atoms with Crippen LogP contribution >= 0.6 is 0 Å². The summed E-state index contributed by atoms with van der Waals surface area (Å²) in [6, 6.07) is 11.2. The van der Waals surface area contributed by atoms with Crippen LogP contribution in [0.25, 0.3) is 33.3 Å². The summed E-state index contributed by atoms with van der Waals surface area (Å²) in [6.45, 7) is 15.7. The average molecular weight is 374 g/mol. The first-order chi connectivity index (χ1) is 12.9. The van der Waals surface area contributed by atoms with E-state index in [0.29, 0.717) is 0 Å². The summed E-state index contributed by atoms with van der Waals surface area (Å²) in [7, 11) is 2.08. The number of fused-ring (bicyclic) bond motifs is 2. The van der Waals surface area contributed by atoms with Crippen molar-refractivity contribution in [1.82, 2.24) is 14.5 Å². The van der Waals surface area contributed by atoms with E-state index in [-0.39, 0.29) is 10.8 Å². The number of aromatic amines is 1. The molecule has 3 aromatic heterocycles. The lowest BCUT2D eigenvalue weighted by Crippen LogP contribution is -2.11. The zero-order valence-electron chi connectivity index (χ0n) is 18.4. The number of hydrogen-bond donors (Lipinski definition) is 1. The average Bonchev–Trinajstić information content (AvgIpc) is 3.15. The maximum absolute atomic E-state index is 5.01. The molecule has 0 aliphatic carbocycles. The third-order valence-electron chi connectivity index (χ3n) is 5.70. The molecule has 4 rings (SSSR count). The Bertz CT molecular complexity index is 1190. The van der Waals surface area contributed by atoms with Crippen molar-refractivity contribution in [1.29, 1.82) is 0 Å². The molecular formula is C25H31N3. The highest BCUT2D eigenvalue weighted by molar-refractivity contribution is 5.90. The predicted molar refractivity (Wildman–Crippen MR) is 120 cm³/mol. The molecule has 0 amide bonds. The van der Waals surface area contributed by atoms with Crippen LogP contribution < -0.4 is 0 Å². The van der Waals surface area contributed by atoms with Crippen LogP contribution in [0.3, 0.4) is 0 Å². The summed E-state index contributed by atoms with van der Waals surface area (Å²) in [6.07, 6.45) is 2.21. The van der Waals surface area contributed by atoms with E-state index in [1.165, 1.54) is 33.0 Å². The first-order valence-electron chi connectivity index (χ1n) is 10.1. The predicted octanol–water partition coefficient (Wildman–Crippen LogP) is 6.63. The van der Waals surface area contributed by atoms with Crippen LogP contribution in [0.15, 0.2) is 36.5 Å². The first-order valence-corrected chi connectivity index (χ1v) is 10.1. The molecule has 0 fully saturated rings. The Balaban J connectivity index is 1.87. The smallest absolute Gasteiger partial charge is 0.140 e. The number of benzene rings is 1. The second kappa shape index (κ2) is 5.97. The Hall–Kier alpha value is -2.55. The third kappa shape index (κ3) is 3.03. The third-order valence-corrected chi connectivity index (χ3v) is 5.70. The lowest BCUT2D eigenvalue weighted by Gasteiger charge is -2.19. The number of rotatable bonds is 1. The maximum Gasteiger partial charge on any atom is 0.140 e. The van der Waals surface area contributed by atoms with Gasteiger partial charge in [-0.05, 0) is 58.7 Å². The van der Waals surface area contributed by atoms with Gasteiger partial charge in [0.2, 0.25) is 0 Å². The number of nitrogens with one attached hydrogen (secondary N) is 1. The topological polar surface area (TPSA) is 33.6 Å². The first kappa shape index (κ1) is 18.8. The lowest BCUT2D eigenvalue weighted by molar-refractivity contribution is 0.590. The molecule has 0 spiro atoms. The minimum absolute atomic E-state index is 0.101. The van der Waals surface area contributed by atoms with Crippen molar-refractivity contribution in [2.24, 2.45) is 7.05 Å². The van der Waals surface area contributed by atoms with Gasteiger partial charge in [0.1, 0.15) is 5.65 Å². The van der Waals surface area contributed by atoms with Crippen molar-refractivity contribution in [3.8, 4) is 11.4 Å². The summed E-state index contributed by atoms with van der Waals surface area (Å²) in [5.74, 6) is 0. The van der Waals surface area contributed by atoms with Crippen molar-refractivity contribution < 1.29 is 0 Å².